The third-order valence-corrected chi connectivity index (χ3v) is 3.38. The molecule has 0 bridgehead atoms. The third kappa shape index (κ3) is 2.80. The highest BCUT2D eigenvalue weighted by atomic mass is 16.5. The van der Waals surface area contributed by atoms with Gasteiger partial charge in [-0.25, -0.2) is 9.67 Å². The number of hydrogen-bond donors (Lipinski definition) is 1. The molecule has 20 heavy (non-hydrogen) atoms. The fourth-order valence-corrected chi connectivity index (χ4v) is 2.43. The smallest absolute Gasteiger partial charge is 0.174 e. The SMILES string of the molecule is Cc1cc(C)n(-c2cncc(NCC3CCCO3)n2)n1. The molecule has 0 aliphatic carbocycles. The second kappa shape index (κ2) is 5.58. The van der Waals surface area contributed by atoms with Crippen LogP contribution in [0.2, 0.25) is 0 Å². The topological polar surface area (TPSA) is 64.9 Å². The number of aryl methyl sites for hydroxylation is 2. The molecule has 6 nitrogen and oxygen atoms in total. The maximum Gasteiger partial charge on any atom is 0.174 e. The fraction of sp³-hybridized carbons (Fsp3) is 0.500. The van der Waals surface area contributed by atoms with Gasteiger partial charge in [0.25, 0.3) is 0 Å². The number of anilines is 1. The van der Waals surface area contributed by atoms with Gasteiger partial charge in [0.05, 0.1) is 24.2 Å². The molecule has 0 spiro atoms. The van der Waals surface area contributed by atoms with Gasteiger partial charge in [0.2, 0.25) is 0 Å². The van der Waals surface area contributed by atoms with E-state index >= 15 is 0 Å². The van der Waals surface area contributed by atoms with Gasteiger partial charge < -0.3 is 10.1 Å². The van der Waals surface area contributed by atoms with Crippen LogP contribution in [0, 0.1) is 13.8 Å². The van der Waals surface area contributed by atoms with Gasteiger partial charge in [-0.2, -0.15) is 5.10 Å². The van der Waals surface area contributed by atoms with E-state index in [1.165, 1.54) is 0 Å². The molecule has 0 saturated carbocycles. The predicted octanol–water partition coefficient (Wildman–Crippen LogP) is 1.87. The Kier molecular flexibility index (Phi) is 3.64. The second-order valence-electron chi connectivity index (χ2n) is 5.12. The lowest BCUT2D eigenvalue weighted by molar-refractivity contribution is 0.120. The summed E-state index contributed by atoms with van der Waals surface area (Å²) in [7, 11) is 0. The van der Waals surface area contributed by atoms with Gasteiger partial charge in [-0.1, -0.05) is 0 Å². The summed E-state index contributed by atoms with van der Waals surface area (Å²) in [5.41, 5.74) is 2.02. The summed E-state index contributed by atoms with van der Waals surface area (Å²) >= 11 is 0. The largest absolute Gasteiger partial charge is 0.376 e. The van der Waals surface area contributed by atoms with Gasteiger partial charge in [-0.3, -0.25) is 4.98 Å². The molecule has 1 aliphatic heterocycles. The molecule has 0 radical (unpaired) electrons. The van der Waals surface area contributed by atoms with Crippen molar-refractivity contribution in [3.63, 3.8) is 0 Å². The van der Waals surface area contributed by atoms with Gasteiger partial charge in [0.1, 0.15) is 5.82 Å². The first-order chi connectivity index (χ1) is 9.72. The number of rotatable bonds is 4. The zero-order valence-electron chi connectivity index (χ0n) is 11.8. The number of hydrogen-bond acceptors (Lipinski definition) is 5. The molecule has 3 heterocycles. The Bertz CT molecular complexity index is 589. The Morgan fingerprint density at radius 3 is 3.00 bits per heavy atom. The van der Waals surface area contributed by atoms with Crippen molar-refractivity contribution in [1.82, 2.24) is 19.7 Å². The lowest BCUT2D eigenvalue weighted by Crippen LogP contribution is -2.19. The number of nitrogens with one attached hydrogen (secondary N) is 1. The summed E-state index contributed by atoms with van der Waals surface area (Å²) in [5, 5.41) is 7.70. The summed E-state index contributed by atoms with van der Waals surface area (Å²) in [6.07, 6.45) is 5.98. The molecule has 1 saturated heterocycles. The molecular formula is C14H19N5O. The van der Waals surface area contributed by atoms with Gasteiger partial charge in [0, 0.05) is 18.8 Å². The first kappa shape index (κ1) is 13.1. The van der Waals surface area contributed by atoms with Gasteiger partial charge in [-0.15, -0.1) is 0 Å². The minimum atomic E-state index is 0.286. The molecule has 1 fully saturated rings. The van der Waals surface area contributed by atoms with E-state index in [-0.39, 0.29) is 6.10 Å². The van der Waals surface area contributed by atoms with Crippen molar-refractivity contribution >= 4 is 5.82 Å². The zero-order chi connectivity index (χ0) is 13.9. The average molecular weight is 273 g/mol. The normalized spacial score (nSPS) is 18.4. The second-order valence-corrected chi connectivity index (χ2v) is 5.12. The lowest BCUT2D eigenvalue weighted by atomic mass is 10.2. The highest BCUT2D eigenvalue weighted by molar-refractivity contribution is 5.36. The van der Waals surface area contributed by atoms with E-state index in [0.29, 0.717) is 0 Å². The van der Waals surface area contributed by atoms with Crippen LogP contribution in [0.1, 0.15) is 24.2 Å². The molecular weight excluding hydrogens is 254 g/mol. The van der Waals surface area contributed by atoms with Gasteiger partial charge >= 0.3 is 0 Å². The molecule has 2 aromatic rings. The maximum absolute atomic E-state index is 5.58. The molecule has 3 rings (SSSR count). The highest BCUT2D eigenvalue weighted by Crippen LogP contribution is 2.14. The minimum absolute atomic E-state index is 0.286. The van der Waals surface area contributed by atoms with Crippen molar-refractivity contribution in [3.8, 4) is 5.82 Å². The summed E-state index contributed by atoms with van der Waals surface area (Å²) in [4.78, 5) is 8.78. The average Bonchev–Trinajstić information content (AvgIpc) is 3.06. The van der Waals surface area contributed by atoms with Crippen molar-refractivity contribution < 1.29 is 4.74 Å². The molecule has 1 unspecified atom stereocenters. The zero-order valence-corrected chi connectivity index (χ0v) is 11.8. The van der Waals surface area contributed by atoms with E-state index in [9.17, 15) is 0 Å². The first-order valence-corrected chi connectivity index (χ1v) is 6.93. The molecule has 1 aliphatic rings. The van der Waals surface area contributed by atoms with Crippen molar-refractivity contribution in [2.24, 2.45) is 0 Å². The summed E-state index contributed by atoms with van der Waals surface area (Å²) in [5.74, 6) is 1.48. The number of nitrogens with zero attached hydrogens (tertiary/aromatic N) is 4. The van der Waals surface area contributed by atoms with Crippen LogP contribution in [-0.4, -0.2) is 39.0 Å². The van der Waals surface area contributed by atoms with Crippen molar-refractivity contribution in [2.45, 2.75) is 32.8 Å². The van der Waals surface area contributed by atoms with Crippen LogP contribution >= 0.6 is 0 Å². The van der Waals surface area contributed by atoms with E-state index < -0.39 is 0 Å². The Morgan fingerprint density at radius 2 is 2.30 bits per heavy atom. The third-order valence-electron chi connectivity index (χ3n) is 3.38. The molecule has 1 N–H and O–H groups in total. The molecule has 6 heteroatoms. The van der Waals surface area contributed by atoms with Crippen LogP contribution in [0.15, 0.2) is 18.5 Å². The summed E-state index contributed by atoms with van der Waals surface area (Å²) in [6.45, 7) is 5.61. The van der Waals surface area contributed by atoms with Crippen LogP contribution in [0.3, 0.4) is 0 Å². The summed E-state index contributed by atoms with van der Waals surface area (Å²) < 4.78 is 7.39. The number of aromatic nitrogens is 4. The van der Waals surface area contributed by atoms with Crippen molar-refractivity contribution in [1.29, 1.82) is 0 Å². The monoisotopic (exact) mass is 273 g/mol. The summed E-state index contributed by atoms with van der Waals surface area (Å²) in [6, 6.07) is 2.02. The Labute approximate surface area is 118 Å². The highest BCUT2D eigenvalue weighted by Gasteiger charge is 2.15. The van der Waals surface area contributed by atoms with E-state index in [2.05, 4.69) is 20.4 Å². The predicted molar refractivity (Wildman–Crippen MR) is 76.1 cm³/mol. The Morgan fingerprint density at radius 1 is 1.40 bits per heavy atom. The Balaban J connectivity index is 1.73. The van der Waals surface area contributed by atoms with Crippen LogP contribution in [0.5, 0.6) is 0 Å². The lowest BCUT2D eigenvalue weighted by Gasteiger charge is -2.11. The van der Waals surface area contributed by atoms with Crippen molar-refractivity contribution in [3.05, 3.63) is 29.8 Å². The standard InChI is InChI=1S/C14H19N5O/c1-10-6-11(2)19(18-10)14-9-15-8-13(17-14)16-7-12-4-3-5-20-12/h6,8-9,12H,3-5,7H2,1-2H3,(H,16,17). The van der Waals surface area contributed by atoms with Crippen LogP contribution < -0.4 is 5.32 Å². The van der Waals surface area contributed by atoms with Gasteiger partial charge in [0.15, 0.2) is 5.82 Å². The maximum atomic E-state index is 5.58. The fourth-order valence-electron chi connectivity index (χ4n) is 2.43. The molecule has 1 atom stereocenters. The minimum Gasteiger partial charge on any atom is -0.376 e. The Hall–Kier alpha value is -1.95. The van der Waals surface area contributed by atoms with Gasteiger partial charge in [-0.05, 0) is 32.8 Å². The molecule has 2 aromatic heterocycles. The van der Waals surface area contributed by atoms with E-state index in [1.807, 2.05) is 19.9 Å². The number of ether oxygens (including phenoxy) is 1. The molecule has 0 amide bonds. The van der Waals surface area contributed by atoms with Crippen LogP contribution in [0.25, 0.3) is 5.82 Å². The van der Waals surface area contributed by atoms with Crippen molar-refractivity contribution in [2.75, 3.05) is 18.5 Å². The molecule has 0 aromatic carbocycles. The van der Waals surface area contributed by atoms with E-state index in [4.69, 9.17) is 4.74 Å². The van der Waals surface area contributed by atoms with E-state index in [1.54, 1.807) is 17.1 Å². The van der Waals surface area contributed by atoms with Crippen LogP contribution in [0.4, 0.5) is 5.82 Å². The van der Waals surface area contributed by atoms with E-state index in [0.717, 1.165) is 49.0 Å². The van der Waals surface area contributed by atoms with Crippen LogP contribution in [-0.2, 0) is 4.74 Å². The quantitative estimate of drug-likeness (QED) is 0.921. The first-order valence-electron chi connectivity index (χ1n) is 6.93. The molecule has 106 valence electrons.